The molecular formula is C8H9O-. The summed E-state index contributed by atoms with van der Waals surface area (Å²) in [5.74, 6) is 0.150. The molecule has 0 amide bonds. The van der Waals surface area contributed by atoms with E-state index in [2.05, 4.69) is 0 Å². The van der Waals surface area contributed by atoms with E-state index in [4.69, 9.17) is 0 Å². The standard InChI is InChI=1S/C8H10O/c1-6-4-3-5-8(6)7(2)9/h3-5,9H,1-2H3/p-1. The summed E-state index contributed by atoms with van der Waals surface area (Å²) in [6.07, 6.45) is 5.68. The molecule has 48 valence electrons. The molecule has 0 aromatic carbocycles. The first-order chi connectivity index (χ1) is 4.22. The third-order valence-electron chi connectivity index (χ3n) is 1.41. The molecule has 1 aliphatic rings. The molecule has 0 saturated carbocycles. The van der Waals surface area contributed by atoms with Crippen molar-refractivity contribution in [1.29, 1.82) is 0 Å². The molecule has 0 N–H and O–H groups in total. The monoisotopic (exact) mass is 121 g/mol. The van der Waals surface area contributed by atoms with Crippen LogP contribution < -0.4 is 5.11 Å². The van der Waals surface area contributed by atoms with E-state index < -0.39 is 0 Å². The number of allylic oxidation sites excluding steroid dienone is 6. The van der Waals surface area contributed by atoms with Crippen molar-refractivity contribution >= 4 is 0 Å². The van der Waals surface area contributed by atoms with Crippen LogP contribution in [0.2, 0.25) is 0 Å². The fourth-order valence-corrected chi connectivity index (χ4v) is 0.905. The van der Waals surface area contributed by atoms with E-state index in [-0.39, 0.29) is 5.76 Å². The van der Waals surface area contributed by atoms with Crippen LogP contribution in [0.1, 0.15) is 13.8 Å². The van der Waals surface area contributed by atoms with Crippen LogP contribution in [0.4, 0.5) is 0 Å². The van der Waals surface area contributed by atoms with Crippen molar-refractivity contribution in [2.45, 2.75) is 13.8 Å². The lowest BCUT2D eigenvalue weighted by molar-refractivity contribution is -0.302. The molecule has 0 atom stereocenters. The summed E-state index contributed by atoms with van der Waals surface area (Å²) in [5, 5.41) is 10.7. The minimum atomic E-state index is 0.150. The fraction of sp³-hybridized carbons (Fsp3) is 0.250. The van der Waals surface area contributed by atoms with Crippen molar-refractivity contribution in [3.05, 3.63) is 35.1 Å². The van der Waals surface area contributed by atoms with Gasteiger partial charge in [-0.15, -0.1) is 5.76 Å². The molecule has 1 aliphatic carbocycles. The van der Waals surface area contributed by atoms with Crippen molar-refractivity contribution in [3.63, 3.8) is 0 Å². The maximum absolute atomic E-state index is 10.7. The predicted octanol–water partition coefficient (Wildman–Crippen LogP) is 1.14. The molecule has 1 nitrogen and oxygen atoms in total. The second kappa shape index (κ2) is 2.09. The van der Waals surface area contributed by atoms with Gasteiger partial charge in [0.25, 0.3) is 0 Å². The summed E-state index contributed by atoms with van der Waals surface area (Å²) < 4.78 is 0. The Bertz CT molecular complexity index is 203. The van der Waals surface area contributed by atoms with Gasteiger partial charge < -0.3 is 5.11 Å². The van der Waals surface area contributed by atoms with Gasteiger partial charge in [0.2, 0.25) is 0 Å². The molecule has 0 radical (unpaired) electrons. The Balaban J connectivity index is 3.00. The molecule has 0 aliphatic heterocycles. The van der Waals surface area contributed by atoms with Crippen LogP contribution in [-0.4, -0.2) is 0 Å². The Labute approximate surface area is 55.0 Å². The molecule has 1 rings (SSSR count). The SMILES string of the molecule is CC1=CC=CC1=C(C)[O-]. The largest absolute Gasteiger partial charge is 0.875 e. The van der Waals surface area contributed by atoms with Gasteiger partial charge in [-0.3, -0.25) is 0 Å². The molecule has 0 aromatic heterocycles. The molecule has 1 heteroatoms. The highest BCUT2D eigenvalue weighted by atomic mass is 16.3. The molecule has 0 saturated heterocycles. The van der Waals surface area contributed by atoms with Gasteiger partial charge >= 0.3 is 0 Å². The van der Waals surface area contributed by atoms with Gasteiger partial charge in [0.1, 0.15) is 0 Å². The van der Waals surface area contributed by atoms with Gasteiger partial charge in [-0.1, -0.05) is 25.2 Å². The van der Waals surface area contributed by atoms with E-state index in [1.807, 2.05) is 25.2 Å². The van der Waals surface area contributed by atoms with E-state index in [1.54, 1.807) is 6.92 Å². The van der Waals surface area contributed by atoms with Gasteiger partial charge in [-0.2, -0.15) is 0 Å². The average molecular weight is 121 g/mol. The average Bonchev–Trinajstić information content (AvgIpc) is 2.13. The third kappa shape index (κ3) is 1.04. The topological polar surface area (TPSA) is 23.1 Å². The first kappa shape index (κ1) is 6.14. The molecule has 0 aromatic rings. The van der Waals surface area contributed by atoms with Gasteiger partial charge in [0.15, 0.2) is 0 Å². The predicted molar refractivity (Wildman–Crippen MR) is 35.6 cm³/mol. The van der Waals surface area contributed by atoms with Crippen molar-refractivity contribution in [2.24, 2.45) is 0 Å². The molecule has 0 spiro atoms. The zero-order valence-electron chi connectivity index (χ0n) is 5.64. The summed E-state index contributed by atoms with van der Waals surface area (Å²) in [6.45, 7) is 3.53. The first-order valence-corrected chi connectivity index (χ1v) is 2.95. The van der Waals surface area contributed by atoms with Crippen molar-refractivity contribution in [1.82, 2.24) is 0 Å². The highest BCUT2D eigenvalue weighted by Gasteiger charge is 1.97. The third-order valence-corrected chi connectivity index (χ3v) is 1.41. The summed E-state index contributed by atoms with van der Waals surface area (Å²) in [6, 6.07) is 0. The quantitative estimate of drug-likeness (QED) is 0.441. The summed E-state index contributed by atoms with van der Waals surface area (Å²) in [5.41, 5.74) is 1.91. The van der Waals surface area contributed by atoms with Gasteiger partial charge in [0.05, 0.1) is 0 Å². The molecule has 0 fully saturated rings. The van der Waals surface area contributed by atoms with Crippen LogP contribution in [0.5, 0.6) is 0 Å². The fourth-order valence-electron chi connectivity index (χ4n) is 0.905. The zero-order chi connectivity index (χ0) is 6.85. The molecule has 9 heavy (non-hydrogen) atoms. The van der Waals surface area contributed by atoms with Gasteiger partial charge in [-0.25, -0.2) is 0 Å². The van der Waals surface area contributed by atoms with E-state index in [1.165, 1.54) is 0 Å². The normalized spacial score (nSPS) is 22.2. The Hall–Kier alpha value is -0.980. The van der Waals surface area contributed by atoms with E-state index >= 15 is 0 Å². The summed E-state index contributed by atoms with van der Waals surface area (Å²) in [4.78, 5) is 0. The van der Waals surface area contributed by atoms with Crippen LogP contribution in [0.15, 0.2) is 35.1 Å². The minimum absolute atomic E-state index is 0.150. The lowest BCUT2D eigenvalue weighted by Gasteiger charge is -2.08. The van der Waals surface area contributed by atoms with Crippen molar-refractivity contribution in [2.75, 3.05) is 0 Å². The number of hydrogen-bond donors (Lipinski definition) is 0. The molecule has 0 bridgehead atoms. The van der Waals surface area contributed by atoms with Crippen molar-refractivity contribution < 1.29 is 5.11 Å². The lowest BCUT2D eigenvalue weighted by atomic mass is 10.1. The smallest absolute Gasteiger partial charge is 0.0349 e. The van der Waals surface area contributed by atoms with Crippen LogP contribution in [0, 0.1) is 0 Å². The minimum Gasteiger partial charge on any atom is -0.875 e. The second-order valence-corrected chi connectivity index (χ2v) is 2.18. The van der Waals surface area contributed by atoms with E-state index in [9.17, 15) is 5.11 Å². The van der Waals surface area contributed by atoms with E-state index in [0.717, 1.165) is 11.1 Å². The Morgan fingerprint density at radius 2 is 2.22 bits per heavy atom. The first-order valence-electron chi connectivity index (χ1n) is 2.95. The summed E-state index contributed by atoms with van der Waals surface area (Å²) >= 11 is 0. The number of rotatable bonds is 0. The highest BCUT2D eigenvalue weighted by Crippen LogP contribution is 2.18. The van der Waals surface area contributed by atoms with Crippen LogP contribution >= 0.6 is 0 Å². The Kier molecular flexibility index (Phi) is 1.43. The maximum atomic E-state index is 10.7. The van der Waals surface area contributed by atoms with E-state index in [0.29, 0.717) is 0 Å². The summed E-state index contributed by atoms with van der Waals surface area (Å²) in [7, 11) is 0. The van der Waals surface area contributed by atoms with Crippen molar-refractivity contribution in [3.8, 4) is 0 Å². The molecule has 0 heterocycles. The van der Waals surface area contributed by atoms with Crippen LogP contribution in [0.25, 0.3) is 0 Å². The Morgan fingerprint density at radius 3 is 2.44 bits per heavy atom. The Morgan fingerprint density at radius 1 is 1.56 bits per heavy atom. The van der Waals surface area contributed by atoms with Gasteiger partial charge in [-0.05, 0) is 18.1 Å². The molecule has 0 unspecified atom stereocenters. The van der Waals surface area contributed by atoms with Gasteiger partial charge in [0, 0.05) is 0 Å². The zero-order valence-corrected chi connectivity index (χ0v) is 5.64. The second-order valence-electron chi connectivity index (χ2n) is 2.18. The number of hydrogen-bond acceptors (Lipinski definition) is 1. The maximum Gasteiger partial charge on any atom is -0.0349 e. The highest BCUT2D eigenvalue weighted by molar-refractivity contribution is 5.47. The molecular weight excluding hydrogens is 112 g/mol. The lowest BCUT2D eigenvalue weighted by Crippen LogP contribution is -2.01. The van der Waals surface area contributed by atoms with Crippen LogP contribution in [-0.2, 0) is 0 Å². The van der Waals surface area contributed by atoms with Crippen LogP contribution in [0.3, 0.4) is 0 Å².